The van der Waals surface area contributed by atoms with Crippen LogP contribution < -0.4 is 0 Å². The fraction of sp³-hybridized carbons (Fsp3) is 1.00. The zero-order valence-electron chi connectivity index (χ0n) is 11.5. The lowest BCUT2D eigenvalue weighted by atomic mass is 9.67. The fourth-order valence-corrected chi connectivity index (χ4v) is 6.96. The predicted octanol–water partition coefficient (Wildman–Crippen LogP) is 3.70. The molecule has 2 aliphatic rings. The van der Waals surface area contributed by atoms with Crippen LogP contribution in [-0.2, 0) is 9.84 Å². The van der Waals surface area contributed by atoms with Gasteiger partial charge in [-0.15, -0.1) is 0 Å². The molecule has 0 saturated heterocycles. The molecule has 3 heteroatoms. The first-order chi connectivity index (χ1) is 7.81. The molecule has 0 amide bonds. The van der Waals surface area contributed by atoms with Crippen LogP contribution in [0, 0.1) is 5.41 Å². The summed E-state index contributed by atoms with van der Waals surface area (Å²) in [5.74, 6) is 0. The lowest BCUT2D eigenvalue weighted by Gasteiger charge is -2.52. The molecular weight excluding hydrogens is 232 g/mol. The van der Waals surface area contributed by atoms with Crippen molar-refractivity contribution in [1.82, 2.24) is 0 Å². The summed E-state index contributed by atoms with van der Waals surface area (Å²) in [5, 5.41) is -0.0456. The maximum absolute atomic E-state index is 12.9. The Labute approximate surface area is 106 Å². The highest BCUT2D eigenvalue weighted by Gasteiger charge is 2.58. The molecule has 0 atom stereocenters. The Morgan fingerprint density at radius 2 is 1.47 bits per heavy atom. The van der Waals surface area contributed by atoms with Crippen molar-refractivity contribution in [3.05, 3.63) is 0 Å². The van der Waals surface area contributed by atoms with Crippen molar-refractivity contribution in [2.75, 3.05) is 0 Å². The number of sulfone groups is 1. The molecule has 0 N–H and O–H groups in total. The summed E-state index contributed by atoms with van der Waals surface area (Å²) >= 11 is 0. The Morgan fingerprint density at radius 1 is 0.941 bits per heavy atom. The normalized spacial score (nSPS) is 26.5. The maximum Gasteiger partial charge on any atom is 0.159 e. The number of hydrogen-bond acceptors (Lipinski definition) is 2. The van der Waals surface area contributed by atoms with Crippen molar-refractivity contribution < 1.29 is 8.42 Å². The van der Waals surface area contributed by atoms with Crippen molar-refractivity contribution >= 4 is 9.84 Å². The van der Waals surface area contributed by atoms with Gasteiger partial charge in [0, 0.05) is 0 Å². The minimum Gasteiger partial charge on any atom is -0.228 e. The van der Waals surface area contributed by atoms with E-state index in [4.69, 9.17) is 0 Å². The average molecular weight is 258 g/mol. The summed E-state index contributed by atoms with van der Waals surface area (Å²) in [4.78, 5) is 0. The quantitative estimate of drug-likeness (QED) is 0.757. The summed E-state index contributed by atoms with van der Waals surface area (Å²) in [6.45, 7) is 6.31. The van der Waals surface area contributed by atoms with Crippen molar-refractivity contribution in [2.24, 2.45) is 5.41 Å². The Bertz CT molecular complexity index is 366. The van der Waals surface area contributed by atoms with Crippen molar-refractivity contribution in [2.45, 2.75) is 82.1 Å². The third-order valence-electron chi connectivity index (χ3n) is 5.06. The van der Waals surface area contributed by atoms with E-state index in [9.17, 15) is 8.42 Å². The summed E-state index contributed by atoms with van der Waals surface area (Å²) < 4.78 is 25.5. The second-order valence-electron chi connectivity index (χ2n) is 6.90. The van der Waals surface area contributed by atoms with Gasteiger partial charge in [-0.1, -0.05) is 46.5 Å². The van der Waals surface area contributed by atoms with Gasteiger partial charge < -0.3 is 0 Å². The first-order valence-corrected chi connectivity index (χ1v) is 8.59. The molecule has 0 bridgehead atoms. The summed E-state index contributed by atoms with van der Waals surface area (Å²) in [7, 11) is -2.94. The average Bonchev–Trinajstić information content (AvgIpc) is 2.14. The fourth-order valence-electron chi connectivity index (χ4n) is 3.65. The molecule has 100 valence electrons. The molecular formula is C14H26O2S. The molecule has 0 unspecified atom stereocenters. The largest absolute Gasteiger partial charge is 0.228 e. The van der Waals surface area contributed by atoms with E-state index in [0.29, 0.717) is 0 Å². The zero-order chi connectivity index (χ0) is 12.7. The van der Waals surface area contributed by atoms with Gasteiger partial charge >= 0.3 is 0 Å². The topological polar surface area (TPSA) is 34.1 Å². The van der Waals surface area contributed by atoms with E-state index in [1.807, 2.05) is 0 Å². The molecule has 0 aromatic rings. The van der Waals surface area contributed by atoms with Crippen LogP contribution >= 0.6 is 0 Å². The van der Waals surface area contributed by atoms with Crippen LogP contribution in [0.1, 0.15) is 72.1 Å². The van der Waals surface area contributed by atoms with Gasteiger partial charge in [0.25, 0.3) is 0 Å². The standard InChI is InChI=1S/C14H26O2S/c1-13(2,3)14(10-7-11-14)17(15,16)12-8-5-4-6-9-12/h12H,4-11H2,1-3H3. The Kier molecular flexibility index (Phi) is 3.35. The van der Waals surface area contributed by atoms with Crippen LogP contribution in [0.3, 0.4) is 0 Å². The summed E-state index contributed by atoms with van der Waals surface area (Å²) in [5.41, 5.74) is -0.110. The van der Waals surface area contributed by atoms with E-state index in [1.54, 1.807) is 0 Å². The Hall–Kier alpha value is -0.0500. The van der Waals surface area contributed by atoms with Gasteiger partial charge in [0.2, 0.25) is 0 Å². The van der Waals surface area contributed by atoms with E-state index in [2.05, 4.69) is 20.8 Å². The van der Waals surface area contributed by atoms with Crippen LogP contribution in [0.15, 0.2) is 0 Å². The first kappa shape index (κ1) is 13.4. The van der Waals surface area contributed by atoms with Crippen LogP contribution in [0.4, 0.5) is 0 Å². The monoisotopic (exact) mass is 258 g/mol. The molecule has 0 aromatic carbocycles. The summed E-state index contributed by atoms with van der Waals surface area (Å²) in [6, 6.07) is 0. The van der Waals surface area contributed by atoms with E-state index < -0.39 is 14.6 Å². The minimum atomic E-state index is -2.94. The second kappa shape index (κ2) is 4.25. The SMILES string of the molecule is CC(C)(C)C1(S(=O)(=O)C2CCCCC2)CCC1. The van der Waals surface area contributed by atoms with Crippen LogP contribution in [0.2, 0.25) is 0 Å². The number of hydrogen-bond donors (Lipinski definition) is 0. The molecule has 17 heavy (non-hydrogen) atoms. The Balaban J connectivity index is 2.30. The molecule has 0 radical (unpaired) electrons. The van der Waals surface area contributed by atoms with Crippen LogP contribution in [-0.4, -0.2) is 18.4 Å². The molecule has 2 aliphatic carbocycles. The molecule has 0 aliphatic heterocycles. The molecule has 2 saturated carbocycles. The lowest BCUT2D eigenvalue weighted by Crippen LogP contribution is -2.58. The van der Waals surface area contributed by atoms with E-state index in [1.165, 1.54) is 6.42 Å². The van der Waals surface area contributed by atoms with E-state index in [-0.39, 0.29) is 10.7 Å². The van der Waals surface area contributed by atoms with Crippen LogP contribution in [0.25, 0.3) is 0 Å². The third-order valence-corrected chi connectivity index (χ3v) is 8.52. The number of rotatable bonds is 2. The highest BCUT2D eigenvalue weighted by atomic mass is 32.2. The molecule has 2 nitrogen and oxygen atoms in total. The van der Waals surface area contributed by atoms with E-state index >= 15 is 0 Å². The van der Waals surface area contributed by atoms with Gasteiger partial charge in [0.15, 0.2) is 9.84 Å². The van der Waals surface area contributed by atoms with Gasteiger partial charge in [-0.3, -0.25) is 0 Å². The van der Waals surface area contributed by atoms with Crippen molar-refractivity contribution in [1.29, 1.82) is 0 Å². The molecule has 2 fully saturated rings. The van der Waals surface area contributed by atoms with Gasteiger partial charge in [-0.2, -0.15) is 0 Å². The lowest BCUT2D eigenvalue weighted by molar-refractivity contribution is 0.165. The molecule has 0 heterocycles. The van der Waals surface area contributed by atoms with E-state index in [0.717, 1.165) is 44.9 Å². The Morgan fingerprint density at radius 3 is 1.82 bits per heavy atom. The molecule has 2 rings (SSSR count). The third kappa shape index (κ3) is 1.94. The van der Waals surface area contributed by atoms with Gasteiger partial charge in [0.1, 0.15) is 0 Å². The van der Waals surface area contributed by atoms with Crippen molar-refractivity contribution in [3.63, 3.8) is 0 Å². The van der Waals surface area contributed by atoms with Crippen molar-refractivity contribution in [3.8, 4) is 0 Å². The highest BCUT2D eigenvalue weighted by Crippen LogP contribution is 2.54. The first-order valence-electron chi connectivity index (χ1n) is 7.05. The smallest absolute Gasteiger partial charge is 0.159 e. The van der Waals surface area contributed by atoms with Crippen LogP contribution in [0.5, 0.6) is 0 Å². The zero-order valence-corrected chi connectivity index (χ0v) is 12.3. The second-order valence-corrected chi connectivity index (χ2v) is 9.44. The predicted molar refractivity (Wildman–Crippen MR) is 71.8 cm³/mol. The maximum atomic E-state index is 12.9. The minimum absolute atomic E-state index is 0.0456. The molecule has 0 aromatic heterocycles. The highest BCUT2D eigenvalue weighted by molar-refractivity contribution is 7.93. The van der Waals surface area contributed by atoms with Gasteiger partial charge in [-0.05, 0) is 31.1 Å². The van der Waals surface area contributed by atoms with Gasteiger partial charge in [-0.25, -0.2) is 8.42 Å². The molecule has 0 spiro atoms. The van der Waals surface area contributed by atoms with Gasteiger partial charge in [0.05, 0.1) is 10.00 Å². The summed E-state index contributed by atoms with van der Waals surface area (Å²) in [6.07, 6.45) is 8.08.